The van der Waals surface area contributed by atoms with Crippen LogP contribution in [0.5, 0.6) is 5.75 Å². The number of hydrogen-bond donors (Lipinski definition) is 2. The fourth-order valence-electron chi connectivity index (χ4n) is 2.73. The van der Waals surface area contributed by atoms with Gasteiger partial charge in [0.1, 0.15) is 12.4 Å². The fourth-order valence-corrected chi connectivity index (χ4v) is 2.73. The zero-order valence-corrected chi connectivity index (χ0v) is 13.7. The molecular weight excluding hydrogens is 312 g/mol. The van der Waals surface area contributed by atoms with Gasteiger partial charge < -0.3 is 15.8 Å². The van der Waals surface area contributed by atoms with E-state index >= 15 is 0 Å². The van der Waals surface area contributed by atoms with Gasteiger partial charge in [-0.15, -0.1) is 12.4 Å². The maximum absolute atomic E-state index is 12.3. The molecule has 4 nitrogen and oxygen atoms in total. The topological polar surface area (TPSA) is 64.3 Å². The van der Waals surface area contributed by atoms with Crippen LogP contribution in [-0.4, -0.2) is 19.1 Å². The highest BCUT2D eigenvalue weighted by molar-refractivity contribution is 6.04. The molecule has 2 aromatic carbocycles. The van der Waals surface area contributed by atoms with Crippen LogP contribution in [0, 0.1) is 0 Å². The third-order valence-electron chi connectivity index (χ3n) is 3.86. The van der Waals surface area contributed by atoms with E-state index in [1.807, 2.05) is 36.4 Å². The van der Waals surface area contributed by atoms with Gasteiger partial charge in [-0.25, -0.2) is 0 Å². The Morgan fingerprint density at radius 2 is 1.83 bits per heavy atom. The Balaban J connectivity index is 0.00000192. The minimum Gasteiger partial charge on any atom is -0.492 e. The summed E-state index contributed by atoms with van der Waals surface area (Å²) in [5, 5.41) is 2.91. The number of ether oxygens (including phenoxy) is 1. The summed E-state index contributed by atoms with van der Waals surface area (Å²) in [4.78, 5) is 12.3. The zero-order chi connectivity index (χ0) is 15.4. The van der Waals surface area contributed by atoms with Gasteiger partial charge in [-0.3, -0.25) is 4.79 Å². The Bertz CT molecular complexity index is 671. The van der Waals surface area contributed by atoms with E-state index in [0.29, 0.717) is 18.7 Å². The minimum atomic E-state index is -0.0784. The van der Waals surface area contributed by atoms with E-state index in [1.54, 1.807) is 0 Å². The Kier molecular flexibility index (Phi) is 6.02. The molecule has 1 aliphatic carbocycles. The fraction of sp³-hybridized carbons (Fsp3) is 0.278. The average Bonchev–Trinajstić information content (AvgIpc) is 3.01. The summed E-state index contributed by atoms with van der Waals surface area (Å²) < 4.78 is 5.41. The molecule has 0 saturated carbocycles. The molecular formula is C18H21ClN2O2. The van der Waals surface area contributed by atoms with Crippen molar-refractivity contribution >= 4 is 24.0 Å². The number of nitrogens with one attached hydrogen (secondary N) is 1. The molecule has 0 atom stereocenters. The molecule has 1 amide bonds. The smallest absolute Gasteiger partial charge is 0.255 e. The minimum absolute atomic E-state index is 0. The van der Waals surface area contributed by atoms with E-state index in [2.05, 4.69) is 11.4 Å². The Hall–Kier alpha value is -2.04. The second-order valence-corrected chi connectivity index (χ2v) is 5.45. The first-order valence-electron chi connectivity index (χ1n) is 7.62. The number of halogens is 1. The third kappa shape index (κ3) is 4.24. The Morgan fingerprint density at radius 3 is 2.57 bits per heavy atom. The molecule has 3 N–H and O–H groups in total. The van der Waals surface area contributed by atoms with Gasteiger partial charge in [0, 0.05) is 17.8 Å². The molecule has 2 aromatic rings. The quantitative estimate of drug-likeness (QED) is 0.883. The number of hydrogen-bond acceptors (Lipinski definition) is 3. The van der Waals surface area contributed by atoms with Crippen molar-refractivity contribution in [3.05, 3.63) is 59.2 Å². The van der Waals surface area contributed by atoms with Gasteiger partial charge in [-0.1, -0.05) is 6.07 Å². The number of carbonyl (C=O) groups is 1. The number of benzene rings is 2. The van der Waals surface area contributed by atoms with Crippen LogP contribution in [0.25, 0.3) is 0 Å². The highest BCUT2D eigenvalue weighted by Gasteiger charge is 2.14. The van der Waals surface area contributed by atoms with E-state index in [9.17, 15) is 4.79 Å². The second kappa shape index (κ2) is 7.99. The largest absolute Gasteiger partial charge is 0.492 e. The van der Waals surface area contributed by atoms with Crippen molar-refractivity contribution in [1.82, 2.24) is 0 Å². The van der Waals surface area contributed by atoms with Crippen molar-refractivity contribution in [2.45, 2.75) is 19.3 Å². The van der Waals surface area contributed by atoms with Crippen molar-refractivity contribution in [2.75, 3.05) is 18.5 Å². The van der Waals surface area contributed by atoms with E-state index in [1.165, 1.54) is 17.5 Å². The Labute approximate surface area is 142 Å². The van der Waals surface area contributed by atoms with E-state index in [0.717, 1.165) is 24.3 Å². The third-order valence-corrected chi connectivity index (χ3v) is 3.86. The molecule has 122 valence electrons. The summed E-state index contributed by atoms with van der Waals surface area (Å²) in [6.45, 7) is 0.970. The van der Waals surface area contributed by atoms with Crippen LogP contribution in [0.2, 0.25) is 0 Å². The molecule has 23 heavy (non-hydrogen) atoms. The number of carbonyl (C=O) groups excluding carboxylic acids is 1. The molecule has 0 saturated heterocycles. The lowest BCUT2D eigenvalue weighted by Gasteiger charge is -2.09. The number of rotatable bonds is 5. The molecule has 0 fully saturated rings. The van der Waals surface area contributed by atoms with Crippen LogP contribution in [0.15, 0.2) is 42.5 Å². The maximum Gasteiger partial charge on any atom is 0.255 e. The number of aryl methyl sites for hydroxylation is 2. The molecule has 0 bridgehead atoms. The van der Waals surface area contributed by atoms with Crippen LogP contribution >= 0.6 is 12.4 Å². The first-order chi connectivity index (χ1) is 10.8. The van der Waals surface area contributed by atoms with Gasteiger partial charge >= 0.3 is 0 Å². The van der Waals surface area contributed by atoms with Crippen LogP contribution < -0.4 is 15.8 Å². The van der Waals surface area contributed by atoms with Crippen LogP contribution in [0.1, 0.15) is 27.9 Å². The number of amides is 1. The SMILES string of the molecule is Cl.NCCOc1ccc(NC(=O)c2ccc3c(c2)CCC3)cc1. The predicted octanol–water partition coefficient (Wildman–Crippen LogP) is 3.19. The predicted molar refractivity (Wildman–Crippen MR) is 94.7 cm³/mol. The van der Waals surface area contributed by atoms with Crippen molar-refractivity contribution in [2.24, 2.45) is 5.73 Å². The monoisotopic (exact) mass is 332 g/mol. The van der Waals surface area contributed by atoms with Crippen LogP contribution in [-0.2, 0) is 12.8 Å². The molecule has 0 spiro atoms. The molecule has 1 aliphatic rings. The lowest BCUT2D eigenvalue weighted by atomic mass is 10.1. The Morgan fingerprint density at radius 1 is 1.09 bits per heavy atom. The first kappa shape index (κ1) is 17.3. The summed E-state index contributed by atoms with van der Waals surface area (Å²) in [5.41, 5.74) is 9.54. The molecule has 0 aromatic heterocycles. The summed E-state index contributed by atoms with van der Waals surface area (Å²) in [6, 6.07) is 13.3. The van der Waals surface area contributed by atoms with E-state index in [-0.39, 0.29) is 18.3 Å². The van der Waals surface area contributed by atoms with E-state index in [4.69, 9.17) is 10.5 Å². The van der Waals surface area contributed by atoms with Gasteiger partial charge in [0.25, 0.3) is 5.91 Å². The van der Waals surface area contributed by atoms with Gasteiger partial charge in [0.15, 0.2) is 0 Å². The van der Waals surface area contributed by atoms with Gasteiger partial charge in [0.05, 0.1) is 0 Å². The van der Waals surface area contributed by atoms with Gasteiger partial charge in [0.2, 0.25) is 0 Å². The second-order valence-electron chi connectivity index (χ2n) is 5.45. The highest BCUT2D eigenvalue weighted by atomic mass is 35.5. The van der Waals surface area contributed by atoms with Crippen molar-refractivity contribution < 1.29 is 9.53 Å². The standard InChI is InChI=1S/C18H20N2O2.ClH/c19-10-11-22-17-8-6-16(7-9-17)20-18(21)15-5-4-13-2-1-3-14(13)12-15;/h4-9,12H,1-3,10-11,19H2,(H,20,21);1H. The van der Waals surface area contributed by atoms with Gasteiger partial charge in [-0.2, -0.15) is 0 Å². The molecule has 0 unspecified atom stereocenters. The molecule has 0 radical (unpaired) electrons. The normalized spacial score (nSPS) is 12.2. The van der Waals surface area contributed by atoms with Crippen LogP contribution in [0.3, 0.4) is 0 Å². The molecule has 3 rings (SSSR count). The number of anilines is 1. The summed E-state index contributed by atoms with van der Waals surface area (Å²) in [6.07, 6.45) is 3.38. The van der Waals surface area contributed by atoms with Crippen molar-refractivity contribution in [3.63, 3.8) is 0 Å². The lowest BCUT2D eigenvalue weighted by Crippen LogP contribution is -2.12. The maximum atomic E-state index is 12.3. The first-order valence-corrected chi connectivity index (χ1v) is 7.62. The van der Waals surface area contributed by atoms with Crippen molar-refractivity contribution in [3.8, 4) is 5.75 Å². The van der Waals surface area contributed by atoms with E-state index < -0.39 is 0 Å². The molecule has 0 heterocycles. The zero-order valence-electron chi connectivity index (χ0n) is 12.9. The number of fused-ring (bicyclic) bond motifs is 1. The average molecular weight is 333 g/mol. The van der Waals surface area contributed by atoms with Gasteiger partial charge in [-0.05, 0) is 66.8 Å². The highest BCUT2D eigenvalue weighted by Crippen LogP contribution is 2.23. The summed E-state index contributed by atoms with van der Waals surface area (Å²) >= 11 is 0. The number of nitrogens with two attached hydrogens (primary N) is 1. The van der Waals surface area contributed by atoms with Crippen molar-refractivity contribution in [1.29, 1.82) is 0 Å². The molecule has 5 heteroatoms. The molecule has 0 aliphatic heterocycles. The van der Waals surface area contributed by atoms with Crippen LogP contribution in [0.4, 0.5) is 5.69 Å². The lowest BCUT2D eigenvalue weighted by molar-refractivity contribution is 0.102. The summed E-state index contributed by atoms with van der Waals surface area (Å²) in [5.74, 6) is 0.673. The summed E-state index contributed by atoms with van der Waals surface area (Å²) in [7, 11) is 0.